The van der Waals surface area contributed by atoms with E-state index in [9.17, 15) is 23.2 Å². The minimum Gasteiger partial charge on any atom is -0.449 e. The summed E-state index contributed by atoms with van der Waals surface area (Å²) in [5.41, 5.74) is 0.157. The van der Waals surface area contributed by atoms with Crippen LogP contribution in [0.15, 0.2) is 42.5 Å². The van der Waals surface area contributed by atoms with E-state index in [0.717, 1.165) is 18.2 Å². The van der Waals surface area contributed by atoms with Gasteiger partial charge in [0.15, 0.2) is 6.10 Å². The van der Waals surface area contributed by atoms with Gasteiger partial charge in [0.25, 0.3) is 5.91 Å². The smallest absolute Gasteiger partial charge is 0.338 e. The number of hydrogen-bond donors (Lipinski definition) is 2. The fourth-order valence-electron chi connectivity index (χ4n) is 2.04. The van der Waals surface area contributed by atoms with Gasteiger partial charge in [-0.05, 0) is 37.3 Å². The summed E-state index contributed by atoms with van der Waals surface area (Å²) in [6.07, 6.45) is -1.26. The first-order valence-corrected chi connectivity index (χ1v) is 7.61. The van der Waals surface area contributed by atoms with Gasteiger partial charge in [0, 0.05) is 18.7 Å². The SMILES string of the molecule is CC(=O)Nc1cccc(C(=O)O[C@H](C)C(=O)Nc2cc(F)ccc2F)c1. The first-order valence-electron chi connectivity index (χ1n) is 7.61. The fourth-order valence-corrected chi connectivity index (χ4v) is 2.04. The Bertz CT molecular complexity index is 855. The van der Waals surface area contributed by atoms with Gasteiger partial charge in [-0.15, -0.1) is 0 Å². The van der Waals surface area contributed by atoms with Gasteiger partial charge in [0.2, 0.25) is 5.91 Å². The van der Waals surface area contributed by atoms with E-state index >= 15 is 0 Å². The number of nitrogens with one attached hydrogen (secondary N) is 2. The lowest BCUT2D eigenvalue weighted by Crippen LogP contribution is -2.30. The lowest BCUT2D eigenvalue weighted by Gasteiger charge is -2.14. The Hall–Kier alpha value is -3.29. The van der Waals surface area contributed by atoms with Gasteiger partial charge in [-0.1, -0.05) is 6.07 Å². The van der Waals surface area contributed by atoms with Gasteiger partial charge >= 0.3 is 5.97 Å². The Balaban J connectivity index is 2.03. The molecular formula is C18H16F2N2O4. The van der Waals surface area contributed by atoms with Crippen molar-refractivity contribution >= 4 is 29.2 Å². The second kappa shape index (κ2) is 8.19. The van der Waals surface area contributed by atoms with E-state index in [2.05, 4.69) is 10.6 Å². The van der Waals surface area contributed by atoms with Crippen molar-refractivity contribution in [3.63, 3.8) is 0 Å². The van der Waals surface area contributed by atoms with Crippen LogP contribution in [-0.2, 0) is 14.3 Å². The number of carbonyl (C=O) groups is 3. The van der Waals surface area contributed by atoms with E-state index in [1.807, 2.05) is 0 Å². The molecule has 26 heavy (non-hydrogen) atoms. The van der Waals surface area contributed by atoms with Crippen molar-refractivity contribution in [1.82, 2.24) is 0 Å². The van der Waals surface area contributed by atoms with E-state index in [-0.39, 0.29) is 17.2 Å². The zero-order valence-corrected chi connectivity index (χ0v) is 14.0. The summed E-state index contributed by atoms with van der Waals surface area (Å²) < 4.78 is 31.7. The van der Waals surface area contributed by atoms with Crippen molar-refractivity contribution in [2.75, 3.05) is 10.6 Å². The largest absolute Gasteiger partial charge is 0.449 e. The van der Waals surface area contributed by atoms with Gasteiger partial charge in [-0.25, -0.2) is 13.6 Å². The minimum absolute atomic E-state index is 0.118. The Morgan fingerprint density at radius 1 is 1.04 bits per heavy atom. The molecule has 0 aliphatic heterocycles. The first-order chi connectivity index (χ1) is 12.3. The third-order valence-electron chi connectivity index (χ3n) is 3.26. The Morgan fingerprint density at radius 2 is 1.77 bits per heavy atom. The Labute approximate surface area is 148 Å². The number of hydrogen-bond acceptors (Lipinski definition) is 4. The third kappa shape index (κ3) is 5.10. The van der Waals surface area contributed by atoms with Gasteiger partial charge in [-0.3, -0.25) is 9.59 Å². The summed E-state index contributed by atoms with van der Waals surface area (Å²) in [7, 11) is 0. The second-order valence-electron chi connectivity index (χ2n) is 5.42. The fraction of sp³-hybridized carbons (Fsp3) is 0.167. The standard InChI is InChI=1S/C18H16F2N2O4/c1-10(17(24)22-16-9-13(19)6-7-15(16)20)26-18(25)12-4-3-5-14(8-12)21-11(2)23/h3-10H,1-2H3,(H,21,23)(H,22,24)/t10-/m1/s1. The van der Waals surface area contributed by atoms with E-state index in [0.29, 0.717) is 5.69 Å². The molecule has 0 bridgehead atoms. The molecule has 2 N–H and O–H groups in total. The summed E-state index contributed by atoms with van der Waals surface area (Å²) in [4.78, 5) is 35.2. The lowest BCUT2D eigenvalue weighted by atomic mass is 10.2. The topological polar surface area (TPSA) is 84.5 Å². The Kier molecular flexibility index (Phi) is 6.00. The number of amides is 2. The van der Waals surface area contributed by atoms with Crippen LogP contribution in [0.2, 0.25) is 0 Å². The van der Waals surface area contributed by atoms with Crippen molar-refractivity contribution in [2.45, 2.75) is 20.0 Å². The van der Waals surface area contributed by atoms with Crippen LogP contribution in [0.5, 0.6) is 0 Å². The molecule has 0 spiro atoms. The number of carbonyl (C=O) groups excluding carboxylic acids is 3. The molecule has 0 fully saturated rings. The lowest BCUT2D eigenvalue weighted by molar-refractivity contribution is -0.123. The molecule has 6 nitrogen and oxygen atoms in total. The summed E-state index contributed by atoms with van der Waals surface area (Å²) in [5.74, 6) is -3.47. The molecule has 2 aromatic carbocycles. The van der Waals surface area contributed by atoms with E-state index < -0.39 is 29.6 Å². The molecule has 136 valence electrons. The van der Waals surface area contributed by atoms with Crippen molar-refractivity contribution in [1.29, 1.82) is 0 Å². The van der Waals surface area contributed by atoms with Crippen LogP contribution in [-0.4, -0.2) is 23.9 Å². The molecule has 0 saturated heterocycles. The molecule has 0 aliphatic carbocycles. The highest BCUT2D eigenvalue weighted by Crippen LogP contribution is 2.17. The number of benzene rings is 2. The summed E-state index contributed by atoms with van der Waals surface area (Å²) in [5, 5.41) is 4.67. The van der Waals surface area contributed by atoms with Gasteiger partial charge < -0.3 is 15.4 Å². The number of esters is 1. The highest BCUT2D eigenvalue weighted by Gasteiger charge is 2.20. The molecule has 2 amide bonds. The Morgan fingerprint density at radius 3 is 2.46 bits per heavy atom. The average Bonchev–Trinajstić information content (AvgIpc) is 2.57. The van der Waals surface area contributed by atoms with Crippen LogP contribution < -0.4 is 10.6 Å². The van der Waals surface area contributed by atoms with Crippen molar-refractivity contribution < 1.29 is 27.9 Å². The molecule has 0 aromatic heterocycles. The maximum Gasteiger partial charge on any atom is 0.338 e. The summed E-state index contributed by atoms with van der Waals surface area (Å²) >= 11 is 0. The number of halogens is 2. The van der Waals surface area contributed by atoms with Crippen LogP contribution in [0.4, 0.5) is 20.2 Å². The maximum absolute atomic E-state index is 13.5. The van der Waals surface area contributed by atoms with Gasteiger partial charge in [0.1, 0.15) is 11.6 Å². The second-order valence-corrected chi connectivity index (χ2v) is 5.42. The normalized spacial score (nSPS) is 11.4. The van der Waals surface area contributed by atoms with Crippen molar-refractivity contribution in [3.05, 3.63) is 59.7 Å². The van der Waals surface area contributed by atoms with Crippen LogP contribution >= 0.6 is 0 Å². The van der Waals surface area contributed by atoms with Crippen LogP contribution in [0.3, 0.4) is 0 Å². The van der Waals surface area contributed by atoms with Crippen molar-refractivity contribution in [2.24, 2.45) is 0 Å². The summed E-state index contributed by atoms with van der Waals surface area (Å²) in [6, 6.07) is 8.56. The van der Waals surface area contributed by atoms with E-state index in [4.69, 9.17) is 4.74 Å². The molecule has 0 aliphatic rings. The first kappa shape index (κ1) is 19.0. The molecule has 0 radical (unpaired) electrons. The van der Waals surface area contributed by atoms with Crippen molar-refractivity contribution in [3.8, 4) is 0 Å². The monoisotopic (exact) mass is 362 g/mol. The van der Waals surface area contributed by atoms with Crippen LogP contribution in [0, 0.1) is 11.6 Å². The maximum atomic E-state index is 13.5. The van der Waals surface area contributed by atoms with Gasteiger partial charge in [0.05, 0.1) is 11.3 Å². The zero-order chi connectivity index (χ0) is 19.3. The predicted octanol–water partition coefficient (Wildman–Crippen LogP) is 3.11. The molecule has 2 aromatic rings. The minimum atomic E-state index is -1.26. The molecule has 1 atom stereocenters. The zero-order valence-electron chi connectivity index (χ0n) is 14.0. The highest BCUT2D eigenvalue weighted by atomic mass is 19.1. The number of ether oxygens (including phenoxy) is 1. The summed E-state index contributed by atoms with van der Waals surface area (Å²) in [6.45, 7) is 2.62. The molecule has 2 rings (SSSR count). The third-order valence-corrected chi connectivity index (χ3v) is 3.26. The van der Waals surface area contributed by atoms with Crippen LogP contribution in [0.25, 0.3) is 0 Å². The highest BCUT2D eigenvalue weighted by molar-refractivity contribution is 5.98. The number of anilines is 2. The molecule has 0 heterocycles. The molecular weight excluding hydrogens is 346 g/mol. The van der Waals surface area contributed by atoms with Gasteiger partial charge in [-0.2, -0.15) is 0 Å². The molecule has 0 unspecified atom stereocenters. The number of rotatable bonds is 5. The molecule has 0 saturated carbocycles. The van der Waals surface area contributed by atoms with E-state index in [1.54, 1.807) is 6.07 Å². The average molecular weight is 362 g/mol. The molecule has 8 heteroatoms. The quantitative estimate of drug-likeness (QED) is 0.801. The predicted molar refractivity (Wildman–Crippen MR) is 90.6 cm³/mol. The van der Waals surface area contributed by atoms with Crippen LogP contribution in [0.1, 0.15) is 24.2 Å². The van der Waals surface area contributed by atoms with E-state index in [1.165, 1.54) is 32.0 Å².